The van der Waals surface area contributed by atoms with Gasteiger partial charge < -0.3 is 4.57 Å². The first kappa shape index (κ1) is 18.9. The van der Waals surface area contributed by atoms with Gasteiger partial charge in [-0.2, -0.15) is 0 Å². The normalized spacial score (nSPS) is 13.1. The highest BCUT2D eigenvalue weighted by molar-refractivity contribution is 7.21. The van der Waals surface area contributed by atoms with E-state index in [0.29, 0.717) is 15.6 Å². The molecule has 3 heterocycles. The number of pyridine rings is 1. The molecule has 8 heteroatoms. The van der Waals surface area contributed by atoms with Crippen LogP contribution in [-0.4, -0.2) is 15.5 Å². The molecule has 0 bridgehead atoms. The molecule has 0 spiro atoms. The number of amides is 1. The zero-order chi connectivity index (χ0) is 20.7. The Bertz CT molecular complexity index is 1320. The van der Waals surface area contributed by atoms with Gasteiger partial charge in [0.15, 0.2) is 0 Å². The van der Waals surface area contributed by atoms with Gasteiger partial charge in [-0.05, 0) is 77.3 Å². The van der Waals surface area contributed by atoms with Crippen molar-refractivity contribution in [1.29, 1.82) is 0 Å². The quantitative estimate of drug-likeness (QED) is 0.203. The molecule has 0 unspecified atom stereocenters. The first-order valence-electron chi connectivity index (χ1n) is 9.64. The summed E-state index contributed by atoms with van der Waals surface area (Å²) in [5, 5.41) is 4.95. The number of fused-ring (bicyclic) bond motifs is 2. The van der Waals surface area contributed by atoms with Crippen LogP contribution >= 0.6 is 22.9 Å². The Balaban J connectivity index is 1.93. The van der Waals surface area contributed by atoms with E-state index >= 15 is 0 Å². The van der Waals surface area contributed by atoms with Gasteiger partial charge in [0.2, 0.25) is 0 Å². The molecule has 0 saturated carbocycles. The minimum absolute atomic E-state index is 0.393. The molecule has 0 aliphatic heterocycles. The van der Waals surface area contributed by atoms with Crippen molar-refractivity contribution >= 4 is 39.1 Å². The maximum atomic E-state index is 12.7. The van der Waals surface area contributed by atoms with E-state index in [1.54, 1.807) is 0 Å². The SMILES string of the molecule is [N-]=[N+]=NC(=O)c1sc2nc3c(c(-c4ccc(Cl)cc4)c2c1-n1cccc1)CCCC3. The lowest BCUT2D eigenvalue weighted by atomic mass is 9.87. The summed E-state index contributed by atoms with van der Waals surface area (Å²) in [5.41, 5.74) is 14.0. The van der Waals surface area contributed by atoms with Crippen molar-refractivity contribution in [2.75, 3.05) is 0 Å². The molecular formula is C22H16ClN5OS. The van der Waals surface area contributed by atoms with Gasteiger partial charge >= 0.3 is 0 Å². The fourth-order valence-corrected chi connectivity index (χ4v) is 5.37. The van der Waals surface area contributed by atoms with Crippen LogP contribution in [0.1, 0.15) is 33.8 Å². The van der Waals surface area contributed by atoms with Crippen molar-refractivity contribution in [3.63, 3.8) is 0 Å². The molecule has 0 fully saturated rings. The van der Waals surface area contributed by atoms with Gasteiger partial charge in [-0.1, -0.05) is 23.7 Å². The summed E-state index contributed by atoms with van der Waals surface area (Å²) < 4.78 is 1.90. The van der Waals surface area contributed by atoms with Gasteiger partial charge in [0.1, 0.15) is 9.71 Å². The molecule has 5 rings (SSSR count). The number of nitrogens with zero attached hydrogens (tertiary/aromatic N) is 5. The van der Waals surface area contributed by atoms with E-state index in [2.05, 4.69) is 10.0 Å². The number of benzene rings is 1. The minimum atomic E-state index is -0.593. The molecule has 0 N–H and O–H groups in total. The van der Waals surface area contributed by atoms with Gasteiger partial charge in [-0.15, -0.1) is 11.3 Å². The van der Waals surface area contributed by atoms with Crippen molar-refractivity contribution < 1.29 is 4.79 Å². The fraction of sp³-hybridized carbons (Fsp3) is 0.182. The molecule has 0 atom stereocenters. The van der Waals surface area contributed by atoms with Gasteiger partial charge in [0.05, 0.1) is 5.69 Å². The van der Waals surface area contributed by atoms with Crippen LogP contribution in [0.3, 0.4) is 0 Å². The molecule has 148 valence electrons. The van der Waals surface area contributed by atoms with Gasteiger partial charge in [0.25, 0.3) is 5.91 Å². The number of aromatic nitrogens is 2. The molecule has 1 aliphatic carbocycles. The van der Waals surface area contributed by atoms with Crippen LogP contribution in [0.4, 0.5) is 0 Å². The third kappa shape index (κ3) is 3.08. The molecule has 1 aromatic carbocycles. The van der Waals surface area contributed by atoms with Gasteiger partial charge in [-0.25, -0.2) is 4.98 Å². The molecule has 0 radical (unpaired) electrons. The Labute approximate surface area is 181 Å². The Morgan fingerprint density at radius 1 is 1.17 bits per heavy atom. The van der Waals surface area contributed by atoms with E-state index in [-0.39, 0.29) is 0 Å². The van der Waals surface area contributed by atoms with E-state index in [0.717, 1.165) is 52.7 Å². The monoisotopic (exact) mass is 433 g/mol. The predicted molar refractivity (Wildman–Crippen MR) is 120 cm³/mol. The topological polar surface area (TPSA) is 83.7 Å². The van der Waals surface area contributed by atoms with Crippen molar-refractivity contribution in [2.24, 2.45) is 5.11 Å². The number of halogens is 1. The summed E-state index contributed by atoms with van der Waals surface area (Å²) in [6, 6.07) is 11.6. The summed E-state index contributed by atoms with van der Waals surface area (Å²) >= 11 is 7.43. The predicted octanol–water partition coefficient (Wildman–Crippen LogP) is 6.74. The van der Waals surface area contributed by atoms with Crippen molar-refractivity contribution in [1.82, 2.24) is 9.55 Å². The maximum Gasteiger partial charge on any atom is 0.261 e. The van der Waals surface area contributed by atoms with E-state index < -0.39 is 5.91 Å². The van der Waals surface area contributed by atoms with Gasteiger partial charge in [-0.3, -0.25) is 4.79 Å². The number of carbonyl (C=O) groups excluding carboxylic acids is 1. The van der Waals surface area contributed by atoms with Crippen LogP contribution < -0.4 is 0 Å². The minimum Gasteiger partial charge on any atom is -0.322 e. The highest BCUT2D eigenvalue weighted by Crippen LogP contribution is 2.44. The average molecular weight is 434 g/mol. The standard InChI is InChI=1S/C22H16ClN5OS/c23-14-9-7-13(8-10-14)17-15-5-1-2-6-16(15)25-22-18(17)19(28-11-3-4-12-28)20(30-22)21(29)26-27-24/h3-4,7-12H,1-2,5-6H2. The Morgan fingerprint density at radius 2 is 1.90 bits per heavy atom. The molecular weight excluding hydrogens is 418 g/mol. The van der Waals surface area contributed by atoms with Crippen LogP contribution in [0.5, 0.6) is 0 Å². The second kappa shape index (κ2) is 7.61. The molecule has 6 nitrogen and oxygen atoms in total. The summed E-state index contributed by atoms with van der Waals surface area (Å²) in [6.45, 7) is 0. The second-order valence-corrected chi connectivity index (χ2v) is 8.61. The van der Waals surface area contributed by atoms with E-state index in [1.165, 1.54) is 16.9 Å². The average Bonchev–Trinajstić information content (AvgIpc) is 3.40. The highest BCUT2D eigenvalue weighted by atomic mass is 35.5. The number of aryl methyl sites for hydroxylation is 1. The zero-order valence-corrected chi connectivity index (χ0v) is 17.5. The summed E-state index contributed by atoms with van der Waals surface area (Å²) in [7, 11) is 0. The Kier molecular flexibility index (Phi) is 4.79. The first-order valence-corrected chi connectivity index (χ1v) is 10.8. The number of azide groups is 1. The van der Waals surface area contributed by atoms with Crippen LogP contribution in [0.15, 0.2) is 53.9 Å². The van der Waals surface area contributed by atoms with Crippen molar-refractivity contribution in [3.05, 3.63) is 80.4 Å². The lowest BCUT2D eigenvalue weighted by Crippen LogP contribution is -2.08. The van der Waals surface area contributed by atoms with Crippen LogP contribution in [0.2, 0.25) is 5.02 Å². The highest BCUT2D eigenvalue weighted by Gasteiger charge is 2.27. The summed E-state index contributed by atoms with van der Waals surface area (Å²) in [5.74, 6) is -0.593. The van der Waals surface area contributed by atoms with Crippen molar-refractivity contribution in [3.8, 4) is 16.8 Å². The van der Waals surface area contributed by atoms with Crippen LogP contribution in [0.25, 0.3) is 37.5 Å². The number of hydrogen-bond acceptors (Lipinski definition) is 3. The fourth-order valence-electron chi connectivity index (χ4n) is 4.17. The van der Waals surface area contributed by atoms with E-state index in [4.69, 9.17) is 22.1 Å². The lowest BCUT2D eigenvalue weighted by molar-refractivity contribution is 0.100. The Hall–Kier alpha value is -3.12. The lowest BCUT2D eigenvalue weighted by Gasteiger charge is -2.20. The number of rotatable bonds is 3. The molecule has 1 amide bonds. The summed E-state index contributed by atoms with van der Waals surface area (Å²) in [4.78, 5) is 21.5. The molecule has 30 heavy (non-hydrogen) atoms. The third-order valence-electron chi connectivity index (χ3n) is 5.42. The zero-order valence-electron chi connectivity index (χ0n) is 15.9. The van der Waals surface area contributed by atoms with Crippen molar-refractivity contribution in [2.45, 2.75) is 25.7 Å². The molecule has 0 saturated heterocycles. The van der Waals surface area contributed by atoms with E-state index in [1.807, 2.05) is 53.4 Å². The molecule has 1 aliphatic rings. The second-order valence-electron chi connectivity index (χ2n) is 7.17. The van der Waals surface area contributed by atoms with E-state index in [9.17, 15) is 4.79 Å². The largest absolute Gasteiger partial charge is 0.322 e. The number of thiophene rings is 1. The van der Waals surface area contributed by atoms with Crippen LogP contribution in [0, 0.1) is 0 Å². The van der Waals surface area contributed by atoms with Crippen LogP contribution in [-0.2, 0) is 12.8 Å². The molecule has 4 aromatic rings. The number of hydrogen-bond donors (Lipinski definition) is 0. The maximum absolute atomic E-state index is 12.7. The third-order valence-corrected chi connectivity index (χ3v) is 6.73. The summed E-state index contributed by atoms with van der Waals surface area (Å²) in [6.07, 6.45) is 7.85. The Morgan fingerprint density at radius 3 is 2.63 bits per heavy atom. The molecule has 3 aromatic heterocycles. The number of carbonyl (C=O) groups is 1. The first-order chi connectivity index (χ1) is 14.7. The van der Waals surface area contributed by atoms with Gasteiger partial charge in [0, 0.05) is 33.4 Å². The smallest absolute Gasteiger partial charge is 0.261 e.